The van der Waals surface area contributed by atoms with Crippen LogP contribution in [0.25, 0.3) is 0 Å². The molecule has 1 heterocycles. The zero-order valence-electron chi connectivity index (χ0n) is 5.24. The molecule has 0 fully saturated rings. The van der Waals surface area contributed by atoms with Gasteiger partial charge in [0.05, 0.1) is 0 Å². The molecular formula is C6H7NO2S. The third-order valence-corrected chi connectivity index (χ3v) is 2.09. The summed E-state index contributed by atoms with van der Waals surface area (Å²) >= 11 is -0.942. The molecule has 0 aromatic heterocycles. The van der Waals surface area contributed by atoms with Gasteiger partial charge in [0.1, 0.15) is 11.2 Å². The molecule has 54 valence electrons. The molecule has 1 rings (SSSR count). The van der Waals surface area contributed by atoms with Gasteiger partial charge in [-0.05, 0) is 23.3 Å². The highest BCUT2D eigenvalue weighted by atomic mass is 32.2. The number of carbonyl (C=O) groups excluding carboxylic acids is 1. The number of hydrogen-bond acceptors (Lipinski definition) is 2. The quantitative estimate of drug-likeness (QED) is 0.530. The first-order valence-electron chi connectivity index (χ1n) is 2.75. The summed E-state index contributed by atoms with van der Waals surface area (Å²) in [7, 11) is 0. The zero-order valence-corrected chi connectivity index (χ0v) is 6.06. The Morgan fingerprint density at radius 3 is 2.90 bits per heavy atom. The first-order valence-corrected chi connectivity index (χ1v) is 4.13. The maximum Gasteiger partial charge on any atom is 0.248 e. The monoisotopic (exact) mass is 157 g/mol. The summed E-state index contributed by atoms with van der Waals surface area (Å²) in [6.45, 7) is 0. The summed E-state index contributed by atoms with van der Waals surface area (Å²) in [4.78, 5) is 10.5. The van der Waals surface area contributed by atoms with Gasteiger partial charge >= 0.3 is 0 Å². The summed E-state index contributed by atoms with van der Waals surface area (Å²) in [6, 6.07) is 0. The maximum atomic E-state index is 10.7. The minimum absolute atomic E-state index is 0.398. The highest BCUT2D eigenvalue weighted by Gasteiger charge is 2.09. The van der Waals surface area contributed by atoms with E-state index in [0.717, 1.165) is 0 Å². The average Bonchev–Trinajstić information content (AvgIpc) is 1.88. The normalized spacial score (nSPS) is 24.1. The van der Waals surface area contributed by atoms with E-state index in [1.54, 1.807) is 6.08 Å². The van der Waals surface area contributed by atoms with Crippen LogP contribution in [0.3, 0.4) is 0 Å². The minimum atomic E-state index is -0.942. The standard InChI is InChI=1S/C6H7NO2S/c7-6(8)5-1-3-10(9)4-2-5/h1-3H,4H2,(H2,7,8). The highest BCUT2D eigenvalue weighted by molar-refractivity contribution is 7.94. The van der Waals surface area contributed by atoms with Crippen LogP contribution in [-0.2, 0) is 16.0 Å². The van der Waals surface area contributed by atoms with Crippen molar-refractivity contribution in [2.24, 2.45) is 5.73 Å². The van der Waals surface area contributed by atoms with E-state index in [-0.39, 0.29) is 0 Å². The first kappa shape index (κ1) is 7.37. The van der Waals surface area contributed by atoms with E-state index < -0.39 is 17.1 Å². The van der Waals surface area contributed by atoms with Crippen molar-refractivity contribution in [2.75, 3.05) is 5.75 Å². The van der Waals surface area contributed by atoms with Crippen molar-refractivity contribution in [1.82, 2.24) is 0 Å². The highest BCUT2D eigenvalue weighted by Crippen LogP contribution is 2.07. The van der Waals surface area contributed by atoms with Crippen LogP contribution in [0.2, 0.25) is 0 Å². The lowest BCUT2D eigenvalue weighted by Gasteiger charge is -2.06. The van der Waals surface area contributed by atoms with Crippen LogP contribution in [0.5, 0.6) is 0 Å². The number of primary amides is 1. The van der Waals surface area contributed by atoms with Gasteiger partial charge in [0.25, 0.3) is 0 Å². The Bertz CT molecular complexity index is 210. The topological polar surface area (TPSA) is 66.2 Å². The van der Waals surface area contributed by atoms with Crippen molar-refractivity contribution >= 4 is 17.1 Å². The van der Waals surface area contributed by atoms with E-state index in [4.69, 9.17) is 5.73 Å². The predicted octanol–water partition coefficient (Wildman–Crippen LogP) is -0.326. The molecule has 0 saturated heterocycles. The first-order chi connectivity index (χ1) is 4.70. The molecule has 0 saturated carbocycles. The van der Waals surface area contributed by atoms with Crippen LogP contribution in [0.1, 0.15) is 0 Å². The van der Waals surface area contributed by atoms with Crippen molar-refractivity contribution in [1.29, 1.82) is 0 Å². The Morgan fingerprint density at radius 2 is 2.50 bits per heavy atom. The molecule has 1 aliphatic heterocycles. The lowest BCUT2D eigenvalue weighted by molar-refractivity contribution is -0.114. The lowest BCUT2D eigenvalue weighted by atomic mass is 10.2. The summed E-state index contributed by atoms with van der Waals surface area (Å²) in [6.07, 6.45) is 3.07. The fourth-order valence-electron chi connectivity index (χ4n) is 0.627. The number of rotatable bonds is 1. The summed E-state index contributed by atoms with van der Waals surface area (Å²) in [5, 5.41) is 1.47. The van der Waals surface area contributed by atoms with E-state index in [1.165, 1.54) is 11.5 Å². The number of hydrogen-bond donors (Lipinski definition) is 1. The largest absolute Gasteiger partial charge is 0.612 e. The minimum Gasteiger partial charge on any atom is -0.612 e. The lowest BCUT2D eigenvalue weighted by Crippen LogP contribution is -2.16. The average molecular weight is 157 g/mol. The van der Waals surface area contributed by atoms with Crippen molar-refractivity contribution in [3.05, 3.63) is 23.1 Å². The fourth-order valence-corrected chi connectivity index (χ4v) is 1.38. The van der Waals surface area contributed by atoms with Crippen LogP contribution in [0.15, 0.2) is 23.1 Å². The SMILES string of the molecule is NC(=O)C1=CC[S+]([O-])C=C1. The van der Waals surface area contributed by atoms with Gasteiger partial charge in [-0.3, -0.25) is 4.79 Å². The van der Waals surface area contributed by atoms with Crippen LogP contribution in [0, 0.1) is 0 Å². The Labute approximate surface area is 61.8 Å². The summed E-state index contributed by atoms with van der Waals surface area (Å²) < 4.78 is 10.7. The molecule has 0 aromatic carbocycles. The van der Waals surface area contributed by atoms with E-state index in [1.807, 2.05) is 0 Å². The van der Waals surface area contributed by atoms with Crippen LogP contribution in [-0.4, -0.2) is 16.2 Å². The van der Waals surface area contributed by atoms with E-state index >= 15 is 0 Å². The van der Waals surface area contributed by atoms with Crippen molar-refractivity contribution in [2.45, 2.75) is 0 Å². The molecular weight excluding hydrogens is 150 g/mol. The van der Waals surface area contributed by atoms with Gasteiger partial charge in [-0.25, -0.2) is 0 Å². The van der Waals surface area contributed by atoms with E-state index in [2.05, 4.69) is 0 Å². The second-order valence-corrected chi connectivity index (χ2v) is 3.24. The Hall–Kier alpha value is -0.740. The molecule has 1 amide bonds. The second kappa shape index (κ2) is 2.90. The third kappa shape index (κ3) is 1.62. The molecule has 0 spiro atoms. The molecule has 0 aliphatic carbocycles. The van der Waals surface area contributed by atoms with Crippen LogP contribution < -0.4 is 5.73 Å². The van der Waals surface area contributed by atoms with Gasteiger partial charge in [0, 0.05) is 5.57 Å². The predicted molar refractivity (Wildman–Crippen MR) is 39.4 cm³/mol. The Morgan fingerprint density at radius 1 is 1.80 bits per heavy atom. The van der Waals surface area contributed by atoms with Gasteiger partial charge in [-0.1, -0.05) is 0 Å². The van der Waals surface area contributed by atoms with Gasteiger partial charge in [0.2, 0.25) is 5.91 Å². The zero-order chi connectivity index (χ0) is 7.56. The molecule has 0 bridgehead atoms. The van der Waals surface area contributed by atoms with E-state index in [0.29, 0.717) is 11.3 Å². The molecule has 1 unspecified atom stereocenters. The Kier molecular flexibility index (Phi) is 2.13. The summed E-state index contributed by atoms with van der Waals surface area (Å²) in [5.41, 5.74) is 5.40. The molecule has 0 radical (unpaired) electrons. The van der Waals surface area contributed by atoms with Gasteiger partial charge < -0.3 is 10.3 Å². The molecule has 4 heteroatoms. The van der Waals surface area contributed by atoms with Crippen LogP contribution >= 0.6 is 0 Å². The maximum absolute atomic E-state index is 10.7. The van der Waals surface area contributed by atoms with Gasteiger partial charge in [-0.15, -0.1) is 0 Å². The van der Waals surface area contributed by atoms with E-state index in [9.17, 15) is 9.35 Å². The van der Waals surface area contributed by atoms with Crippen molar-refractivity contribution in [3.63, 3.8) is 0 Å². The molecule has 0 aromatic rings. The third-order valence-electron chi connectivity index (χ3n) is 1.15. The van der Waals surface area contributed by atoms with Crippen molar-refractivity contribution < 1.29 is 9.35 Å². The number of amides is 1. The number of carbonyl (C=O) groups is 1. The molecule has 10 heavy (non-hydrogen) atoms. The molecule has 3 nitrogen and oxygen atoms in total. The molecule has 1 atom stereocenters. The Balaban J connectivity index is 2.67. The van der Waals surface area contributed by atoms with Gasteiger partial charge in [0.15, 0.2) is 0 Å². The fraction of sp³-hybridized carbons (Fsp3) is 0.167. The van der Waals surface area contributed by atoms with Crippen LogP contribution in [0.4, 0.5) is 0 Å². The molecule has 2 N–H and O–H groups in total. The van der Waals surface area contributed by atoms with Crippen molar-refractivity contribution in [3.8, 4) is 0 Å². The molecule has 1 aliphatic rings. The summed E-state index contributed by atoms with van der Waals surface area (Å²) in [5.74, 6) is -0.0673. The number of nitrogens with two attached hydrogens (primary N) is 1. The second-order valence-electron chi connectivity index (χ2n) is 1.87. The smallest absolute Gasteiger partial charge is 0.248 e. The van der Waals surface area contributed by atoms with Gasteiger partial charge in [-0.2, -0.15) is 0 Å².